The van der Waals surface area contributed by atoms with Gasteiger partial charge < -0.3 is 8.83 Å². The van der Waals surface area contributed by atoms with Crippen LogP contribution >= 0.6 is 0 Å². The summed E-state index contributed by atoms with van der Waals surface area (Å²) in [7, 11) is 0. The van der Waals surface area contributed by atoms with Crippen molar-refractivity contribution in [1.82, 2.24) is 29.9 Å². The van der Waals surface area contributed by atoms with Crippen LogP contribution in [0.15, 0.2) is 179 Å². The molecule has 7 aromatic carbocycles. The van der Waals surface area contributed by atoms with Crippen LogP contribution in [0.25, 0.3) is 112 Å². The fraction of sp³-hybridized carbons (Fsp3) is 0. The van der Waals surface area contributed by atoms with Gasteiger partial charge in [0.15, 0.2) is 34.2 Å². The van der Waals surface area contributed by atoms with Crippen LogP contribution in [-0.2, 0) is 0 Å². The van der Waals surface area contributed by atoms with Crippen LogP contribution in [0.1, 0.15) is 0 Å². The molecule has 0 radical (unpaired) electrons. The lowest BCUT2D eigenvalue weighted by atomic mass is 9.91. The van der Waals surface area contributed by atoms with Gasteiger partial charge in [0.1, 0.15) is 11.3 Å². The lowest BCUT2D eigenvalue weighted by molar-refractivity contribution is 0.616. The van der Waals surface area contributed by atoms with Crippen LogP contribution in [0.4, 0.5) is 0 Å². The Labute approximate surface area is 319 Å². The minimum absolute atomic E-state index is 0.401. The highest BCUT2D eigenvalue weighted by Crippen LogP contribution is 2.43. The predicted octanol–water partition coefficient (Wildman–Crippen LogP) is 11.9. The maximum absolute atomic E-state index is 6.72. The molecule has 262 valence electrons. The Morgan fingerprint density at radius 3 is 1.64 bits per heavy atom. The molecule has 0 unspecified atom stereocenters. The fourth-order valence-corrected chi connectivity index (χ4v) is 7.50. The highest BCUT2D eigenvalue weighted by molar-refractivity contribution is 6.17. The molecule has 8 heteroatoms. The smallest absolute Gasteiger partial charge is 0.247 e. The first kappa shape index (κ1) is 31.7. The van der Waals surface area contributed by atoms with Crippen molar-refractivity contribution in [3.05, 3.63) is 170 Å². The molecular formula is C48H28N6O2. The molecule has 8 nitrogen and oxygen atoms in total. The Hall–Kier alpha value is -7.84. The molecular weight excluding hydrogens is 693 g/mol. The molecule has 0 atom stereocenters. The normalized spacial score (nSPS) is 11.6. The van der Waals surface area contributed by atoms with Gasteiger partial charge in [0, 0.05) is 45.4 Å². The SMILES string of the molecule is c1ccc(-c2nc(-c3ccccc3)nc(-c3ccc(-c4ccc(-c5cccc6c5oc5c6ccc6oc(-c7cnccn7)nc65)c5ccccc45)cc3)n2)cc1. The molecule has 11 rings (SSSR count). The quantitative estimate of drug-likeness (QED) is 0.167. The van der Waals surface area contributed by atoms with Gasteiger partial charge in [0.05, 0.1) is 6.20 Å². The van der Waals surface area contributed by atoms with Crippen molar-refractivity contribution in [2.75, 3.05) is 0 Å². The Morgan fingerprint density at radius 2 is 0.964 bits per heavy atom. The van der Waals surface area contributed by atoms with Crippen molar-refractivity contribution in [2.24, 2.45) is 0 Å². The molecule has 0 aliphatic rings. The Kier molecular flexibility index (Phi) is 7.31. The van der Waals surface area contributed by atoms with Gasteiger partial charge >= 0.3 is 0 Å². The first-order valence-electron chi connectivity index (χ1n) is 18.3. The molecule has 0 spiro atoms. The largest absolute Gasteiger partial charge is 0.453 e. The van der Waals surface area contributed by atoms with Crippen molar-refractivity contribution in [3.63, 3.8) is 0 Å². The third kappa shape index (κ3) is 5.31. The van der Waals surface area contributed by atoms with E-state index in [1.807, 2.05) is 72.8 Å². The van der Waals surface area contributed by atoms with Gasteiger partial charge in [0.25, 0.3) is 0 Å². The Balaban J connectivity index is 0.997. The molecule has 0 amide bonds. The second-order valence-corrected chi connectivity index (χ2v) is 13.5. The van der Waals surface area contributed by atoms with E-state index in [4.69, 9.17) is 28.8 Å². The van der Waals surface area contributed by atoms with Crippen LogP contribution < -0.4 is 0 Å². The molecule has 0 aliphatic carbocycles. The summed E-state index contributed by atoms with van der Waals surface area (Å²) in [6.07, 6.45) is 4.89. The van der Waals surface area contributed by atoms with E-state index >= 15 is 0 Å². The molecule has 4 aromatic heterocycles. The molecule has 56 heavy (non-hydrogen) atoms. The van der Waals surface area contributed by atoms with Crippen LogP contribution in [0.2, 0.25) is 0 Å². The number of rotatable bonds is 6. The minimum atomic E-state index is 0.401. The van der Waals surface area contributed by atoms with Crippen molar-refractivity contribution in [1.29, 1.82) is 0 Å². The van der Waals surface area contributed by atoms with Gasteiger partial charge in [-0.3, -0.25) is 4.98 Å². The van der Waals surface area contributed by atoms with E-state index in [1.54, 1.807) is 18.6 Å². The molecule has 0 saturated heterocycles. The van der Waals surface area contributed by atoms with E-state index < -0.39 is 0 Å². The zero-order valence-corrected chi connectivity index (χ0v) is 29.7. The second kappa shape index (κ2) is 12.9. The summed E-state index contributed by atoms with van der Waals surface area (Å²) in [5.74, 6) is 2.29. The average Bonchev–Trinajstić information content (AvgIpc) is 3.89. The lowest BCUT2D eigenvalue weighted by Crippen LogP contribution is -2.00. The average molecular weight is 721 g/mol. The topological polar surface area (TPSA) is 104 Å². The molecule has 11 aromatic rings. The highest BCUT2D eigenvalue weighted by atomic mass is 16.4. The van der Waals surface area contributed by atoms with Gasteiger partial charge in [-0.15, -0.1) is 0 Å². The number of fused-ring (bicyclic) bond motifs is 6. The molecule has 0 bridgehead atoms. The first-order valence-corrected chi connectivity index (χ1v) is 18.3. The third-order valence-electron chi connectivity index (χ3n) is 10.2. The summed E-state index contributed by atoms with van der Waals surface area (Å²) in [4.78, 5) is 28.0. The summed E-state index contributed by atoms with van der Waals surface area (Å²) in [6, 6.07) is 51.7. The van der Waals surface area contributed by atoms with Crippen molar-refractivity contribution < 1.29 is 8.83 Å². The van der Waals surface area contributed by atoms with Crippen LogP contribution in [-0.4, -0.2) is 29.9 Å². The van der Waals surface area contributed by atoms with Crippen molar-refractivity contribution in [2.45, 2.75) is 0 Å². The van der Waals surface area contributed by atoms with Gasteiger partial charge in [0.2, 0.25) is 5.89 Å². The van der Waals surface area contributed by atoms with Gasteiger partial charge in [-0.25, -0.2) is 24.9 Å². The summed E-state index contributed by atoms with van der Waals surface area (Å²) in [5.41, 5.74) is 10.4. The van der Waals surface area contributed by atoms with Crippen molar-refractivity contribution >= 4 is 43.8 Å². The maximum atomic E-state index is 6.72. The number of benzene rings is 7. The monoisotopic (exact) mass is 720 g/mol. The number of oxazole rings is 1. The minimum Gasteiger partial charge on any atom is -0.453 e. The molecule has 0 N–H and O–H groups in total. The zero-order chi connectivity index (χ0) is 37.0. The zero-order valence-electron chi connectivity index (χ0n) is 29.7. The van der Waals surface area contributed by atoms with Gasteiger partial charge in [-0.2, -0.15) is 0 Å². The van der Waals surface area contributed by atoms with E-state index in [1.165, 1.54) is 0 Å². The van der Waals surface area contributed by atoms with Crippen LogP contribution in [0.3, 0.4) is 0 Å². The lowest BCUT2D eigenvalue weighted by Gasteiger charge is -2.13. The molecule has 0 saturated carbocycles. The van der Waals surface area contributed by atoms with Crippen LogP contribution in [0.5, 0.6) is 0 Å². The number of furan rings is 1. The van der Waals surface area contributed by atoms with E-state index in [0.29, 0.717) is 45.7 Å². The Morgan fingerprint density at radius 1 is 0.375 bits per heavy atom. The fourth-order valence-electron chi connectivity index (χ4n) is 7.50. The summed E-state index contributed by atoms with van der Waals surface area (Å²) < 4.78 is 12.8. The van der Waals surface area contributed by atoms with E-state index in [9.17, 15) is 0 Å². The van der Waals surface area contributed by atoms with Gasteiger partial charge in [-0.1, -0.05) is 140 Å². The number of nitrogens with zero attached hydrogens (tertiary/aromatic N) is 6. The second-order valence-electron chi connectivity index (χ2n) is 13.5. The van der Waals surface area contributed by atoms with E-state index in [-0.39, 0.29) is 0 Å². The molecule has 0 fully saturated rings. The number of hydrogen-bond donors (Lipinski definition) is 0. The summed E-state index contributed by atoms with van der Waals surface area (Å²) in [5, 5.41) is 4.24. The standard InChI is InChI=1S/C48H28N6O2/c1-3-10-30(11-4-1)45-52-46(31-12-5-2-6-13-31)54-47(53-45)32-20-18-29(19-21-32)33-22-23-36(35-15-8-7-14-34(33)35)37-16-9-17-38-39-24-25-41-42(44(39)56-43(37)38)51-48(55-41)40-28-49-26-27-50-40/h1-28H. The maximum Gasteiger partial charge on any atom is 0.247 e. The summed E-state index contributed by atoms with van der Waals surface area (Å²) >= 11 is 0. The van der Waals surface area contributed by atoms with Gasteiger partial charge in [-0.05, 0) is 39.6 Å². The summed E-state index contributed by atoms with van der Waals surface area (Å²) in [6.45, 7) is 0. The number of aromatic nitrogens is 6. The number of hydrogen-bond acceptors (Lipinski definition) is 8. The van der Waals surface area contributed by atoms with E-state index in [0.717, 1.165) is 66.1 Å². The van der Waals surface area contributed by atoms with Crippen LogP contribution in [0, 0.1) is 0 Å². The third-order valence-corrected chi connectivity index (χ3v) is 10.2. The highest BCUT2D eigenvalue weighted by Gasteiger charge is 2.20. The predicted molar refractivity (Wildman–Crippen MR) is 220 cm³/mol. The van der Waals surface area contributed by atoms with Crippen molar-refractivity contribution in [3.8, 4) is 68.0 Å². The molecule has 0 aliphatic heterocycles. The number of para-hydroxylation sites is 1. The molecule has 4 heterocycles. The Bertz CT molecular complexity index is 3180. The first-order chi connectivity index (χ1) is 27.7. The van der Waals surface area contributed by atoms with E-state index in [2.05, 4.69) is 88.8 Å².